The number of nitrogens with zero attached hydrogens (tertiary/aromatic N) is 2. The number of aromatic nitrogens is 2. The minimum atomic E-state index is -0.292. The lowest BCUT2D eigenvalue weighted by molar-refractivity contribution is 0.102. The van der Waals surface area contributed by atoms with Gasteiger partial charge in [-0.1, -0.05) is 59.1 Å². The van der Waals surface area contributed by atoms with Gasteiger partial charge < -0.3 is 10.1 Å². The fraction of sp³-hybridized carbons (Fsp3) is 0.0833. The van der Waals surface area contributed by atoms with E-state index in [1.807, 2.05) is 6.07 Å². The van der Waals surface area contributed by atoms with E-state index < -0.39 is 0 Å². The Morgan fingerprint density at radius 2 is 1.73 bits per heavy atom. The molecule has 0 radical (unpaired) electrons. The first-order valence-corrected chi connectivity index (χ1v) is 11.0. The molecule has 0 fully saturated rings. The normalized spacial score (nSPS) is 10.8. The predicted molar refractivity (Wildman–Crippen MR) is 128 cm³/mol. The molecular formula is C24H17Cl3FN3O2. The van der Waals surface area contributed by atoms with Crippen LogP contribution in [0, 0.1) is 5.82 Å². The summed E-state index contributed by atoms with van der Waals surface area (Å²) in [5, 5.41) is 8.08. The fourth-order valence-electron chi connectivity index (χ4n) is 3.12. The average molecular weight is 505 g/mol. The molecule has 5 nitrogen and oxygen atoms in total. The molecule has 33 heavy (non-hydrogen) atoms. The highest BCUT2D eigenvalue weighted by Crippen LogP contribution is 2.36. The summed E-state index contributed by atoms with van der Waals surface area (Å²) >= 11 is 18.2. The zero-order valence-electron chi connectivity index (χ0n) is 17.1. The highest BCUT2D eigenvalue weighted by Gasteiger charge is 2.12. The van der Waals surface area contributed by atoms with Crippen LogP contribution >= 0.6 is 34.8 Å². The fourth-order valence-corrected chi connectivity index (χ4v) is 4.05. The Labute approximate surface area is 204 Å². The molecule has 9 heteroatoms. The Morgan fingerprint density at radius 3 is 2.45 bits per heavy atom. The van der Waals surface area contributed by atoms with Crippen LogP contribution in [0.5, 0.6) is 5.75 Å². The Balaban J connectivity index is 1.39. The minimum Gasteiger partial charge on any atom is -0.486 e. The van der Waals surface area contributed by atoms with Crippen LogP contribution in [-0.2, 0) is 13.2 Å². The molecule has 0 saturated carbocycles. The molecule has 0 spiro atoms. The average Bonchev–Trinajstić information content (AvgIpc) is 3.21. The Bertz CT molecular complexity index is 1270. The smallest absolute Gasteiger partial charge is 0.255 e. The zero-order chi connectivity index (χ0) is 23.4. The molecule has 0 aliphatic rings. The lowest BCUT2D eigenvalue weighted by atomic mass is 10.1. The van der Waals surface area contributed by atoms with Gasteiger partial charge in [0.2, 0.25) is 0 Å². The van der Waals surface area contributed by atoms with Crippen LogP contribution in [-0.4, -0.2) is 15.7 Å². The molecule has 1 N–H and O–H groups in total. The quantitative estimate of drug-likeness (QED) is 0.299. The number of halogens is 4. The van der Waals surface area contributed by atoms with Gasteiger partial charge in [0.15, 0.2) is 5.75 Å². The van der Waals surface area contributed by atoms with Crippen molar-refractivity contribution >= 4 is 46.4 Å². The van der Waals surface area contributed by atoms with Crippen LogP contribution in [0.1, 0.15) is 21.5 Å². The van der Waals surface area contributed by atoms with Crippen molar-refractivity contribution in [2.45, 2.75) is 13.2 Å². The van der Waals surface area contributed by atoms with E-state index in [9.17, 15) is 9.18 Å². The van der Waals surface area contributed by atoms with Gasteiger partial charge in [-0.15, -0.1) is 0 Å². The first kappa shape index (κ1) is 23.1. The summed E-state index contributed by atoms with van der Waals surface area (Å²) in [6, 6.07) is 16.3. The van der Waals surface area contributed by atoms with Crippen LogP contribution in [0.2, 0.25) is 15.1 Å². The highest BCUT2D eigenvalue weighted by molar-refractivity contribution is 6.40. The molecule has 1 aromatic heterocycles. The number of carbonyl (C=O) groups is 1. The van der Waals surface area contributed by atoms with E-state index in [0.717, 1.165) is 11.1 Å². The summed E-state index contributed by atoms with van der Waals surface area (Å²) < 4.78 is 20.5. The van der Waals surface area contributed by atoms with Crippen LogP contribution in [0.4, 0.5) is 10.1 Å². The Morgan fingerprint density at radius 1 is 1.00 bits per heavy atom. The van der Waals surface area contributed by atoms with E-state index in [1.165, 1.54) is 12.1 Å². The summed E-state index contributed by atoms with van der Waals surface area (Å²) in [6.45, 7) is 0.622. The minimum absolute atomic E-state index is 0.164. The highest BCUT2D eigenvalue weighted by atomic mass is 35.5. The molecule has 0 aliphatic carbocycles. The second-order valence-electron chi connectivity index (χ2n) is 7.19. The largest absolute Gasteiger partial charge is 0.486 e. The third-order valence-corrected chi connectivity index (χ3v) is 5.46. The zero-order valence-corrected chi connectivity index (χ0v) is 19.3. The molecule has 3 aromatic carbocycles. The maximum atomic E-state index is 13.1. The summed E-state index contributed by atoms with van der Waals surface area (Å²) in [5.74, 6) is -0.258. The number of benzene rings is 3. The van der Waals surface area contributed by atoms with Gasteiger partial charge in [-0.2, -0.15) is 5.10 Å². The van der Waals surface area contributed by atoms with Gasteiger partial charge >= 0.3 is 0 Å². The van der Waals surface area contributed by atoms with Crippen molar-refractivity contribution < 1.29 is 13.9 Å². The van der Waals surface area contributed by atoms with Crippen molar-refractivity contribution in [2.75, 3.05) is 5.32 Å². The standard InChI is InChI=1S/C24H17Cl3FN3O2/c25-18-9-21(26)23(22(27)10-18)33-14-16-2-1-3-17(8-16)24(32)30-20-11-29-31(13-20)12-15-4-6-19(28)7-5-15/h1-11,13H,12,14H2,(H,30,32). The van der Waals surface area contributed by atoms with Gasteiger partial charge in [-0.25, -0.2) is 4.39 Å². The van der Waals surface area contributed by atoms with Gasteiger partial charge in [0.1, 0.15) is 12.4 Å². The van der Waals surface area contributed by atoms with Gasteiger partial charge in [0.05, 0.1) is 28.5 Å². The summed E-state index contributed by atoms with van der Waals surface area (Å²) in [5.41, 5.74) is 2.65. The number of hydrogen-bond donors (Lipinski definition) is 1. The van der Waals surface area contributed by atoms with E-state index >= 15 is 0 Å². The third kappa shape index (κ3) is 6.05. The SMILES string of the molecule is O=C(Nc1cnn(Cc2ccc(F)cc2)c1)c1cccc(COc2c(Cl)cc(Cl)cc2Cl)c1. The van der Waals surface area contributed by atoms with E-state index in [2.05, 4.69) is 10.4 Å². The number of nitrogens with one attached hydrogen (secondary N) is 1. The topological polar surface area (TPSA) is 56.2 Å². The predicted octanol–water partition coefficient (Wildman–Crippen LogP) is 6.86. The maximum Gasteiger partial charge on any atom is 0.255 e. The monoisotopic (exact) mass is 503 g/mol. The molecule has 1 amide bonds. The Hall–Kier alpha value is -3.06. The van der Waals surface area contributed by atoms with Crippen LogP contribution in [0.15, 0.2) is 73.1 Å². The van der Waals surface area contributed by atoms with E-state index in [4.69, 9.17) is 39.5 Å². The van der Waals surface area contributed by atoms with Crippen molar-refractivity contribution in [1.82, 2.24) is 9.78 Å². The molecule has 0 unspecified atom stereocenters. The lowest BCUT2D eigenvalue weighted by Gasteiger charge is -2.11. The second-order valence-corrected chi connectivity index (χ2v) is 8.45. The van der Waals surface area contributed by atoms with Crippen LogP contribution < -0.4 is 10.1 Å². The molecule has 0 bridgehead atoms. The van der Waals surface area contributed by atoms with Crippen molar-refractivity contribution in [2.24, 2.45) is 0 Å². The molecule has 4 aromatic rings. The van der Waals surface area contributed by atoms with Crippen molar-refractivity contribution in [3.63, 3.8) is 0 Å². The number of amides is 1. The Kier molecular flexibility index (Phi) is 7.18. The number of anilines is 1. The van der Waals surface area contributed by atoms with Gasteiger partial charge in [0, 0.05) is 16.8 Å². The molecule has 0 saturated heterocycles. The van der Waals surface area contributed by atoms with Crippen molar-refractivity contribution in [1.29, 1.82) is 0 Å². The van der Waals surface area contributed by atoms with Crippen LogP contribution in [0.3, 0.4) is 0 Å². The van der Waals surface area contributed by atoms with Crippen LogP contribution in [0.25, 0.3) is 0 Å². The maximum absolute atomic E-state index is 13.1. The molecule has 4 rings (SSSR count). The van der Waals surface area contributed by atoms with E-state index in [-0.39, 0.29) is 18.3 Å². The first-order valence-electron chi connectivity index (χ1n) is 9.82. The van der Waals surface area contributed by atoms with Gasteiger partial charge in [-0.3, -0.25) is 9.48 Å². The van der Waals surface area contributed by atoms with Crippen molar-refractivity contribution in [3.05, 3.63) is 111 Å². The van der Waals surface area contributed by atoms with E-state index in [1.54, 1.807) is 59.5 Å². The molecule has 0 aliphatic heterocycles. The summed E-state index contributed by atoms with van der Waals surface area (Å²) in [7, 11) is 0. The van der Waals surface area contributed by atoms with Crippen molar-refractivity contribution in [3.8, 4) is 5.75 Å². The van der Waals surface area contributed by atoms with Gasteiger partial charge in [0.25, 0.3) is 5.91 Å². The lowest BCUT2D eigenvalue weighted by Crippen LogP contribution is -2.12. The number of rotatable bonds is 7. The molecule has 168 valence electrons. The summed E-state index contributed by atoms with van der Waals surface area (Å²) in [6.07, 6.45) is 3.26. The molecule has 0 atom stereocenters. The summed E-state index contributed by atoms with van der Waals surface area (Å²) in [4.78, 5) is 12.7. The van der Waals surface area contributed by atoms with E-state index in [0.29, 0.717) is 38.6 Å². The van der Waals surface area contributed by atoms with Gasteiger partial charge in [-0.05, 0) is 47.5 Å². The first-order chi connectivity index (χ1) is 15.9. The second kappa shape index (κ2) is 10.3. The number of ether oxygens (including phenoxy) is 1. The molecular weight excluding hydrogens is 488 g/mol. The molecule has 1 heterocycles. The number of carbonyl (C=O) groups excluding carboxylic acids is 1. The number of hydrogen-bond acceptors (Lipinski definition) is 3. The third-order valence-electron chi connectivity index (χ3n) is 4.68.